The van der Waals surface area contributed by atoms with Crippen LogP contribution < -0.4 is 24.4 Å². The second-order valence-electron chi connectivity index (χ2n) is 8.54. The molecule has 1 fully saturated rings. The highest BCUT2D eigenvalue weighted by Gasteiger charge is 2.20. The zero-order chi connectivity index (χ0) is 24.3. The van der Waals surface area contributed by atoms with E-state index < -0.39 is 10.0 Å². The number of carbonyl (C=O) groups excluding carboxylic acids is 1. The molecule has 0 aliphatic carbocycles. The van der Waals surface area contributed by atoms with Crippen LogP contribution in [-0.4, -0.2) is 40.6 Å². The average molecular weight is 494 g/mol. The van der Waals surface area contributed by atoms with Crippen LogP contribution in [0.4, 0.5) is 17.1 Å². The Bertz CT molecular complexity index is 1320. The molecular weight excluding hydrogens is 466 g/mol. The fourth-order valence-corrected chi connectivity index (χ4v) is 5.30. The number of piperidine rings is 1. The fourth-order valence-electron chi connectivity index (χ4n) is 4.24. The highest BCUT2D eigenvalue weighted by Crippen LogP contribution is 2.33. The van der Waals surface area contributed by atoms with E-state index in [2.05, 4.69) is 14.9 Å². The van der Waals surface area contributed by atoms with E-state index in [0.717, 1.165) is 18.8 Å². The van der Waals surface area contributed by atoms with Crippen molar-refractivity contribution >= 4 is 33.0 Å². The van der Waals surface area contributed by atoms with Crippen LogP contribution >= 0.6 is 0 Å². The predicted molar refractivity (Wildman–Crippen MR) is 135 cm³/mol. The van der Waals surface area contributed by atoms with Gasteiger partial charge in [0.1, 0.15) is 13.2 Å². The number of hydrogen-bond donors (Lipinski definition) is 2. The summed E-state index contributed by atoms with van der Waals surface area (Å²) < 4.78 is 39.3. The lowest BCUT2D eigenvalue weighted by molar-refractivity contribution is 0.102. The zero-order valence-electron chi connectivity index (χ0n) is 19.2. The first-order valence-corrected chi connectivity index (χ1v) is 13.2. The van der Waals surface area contributed by atoms with Gasteiger partial charge in [-0.05, 0) is 73.9 Å². The summed E-state index contributed by atoms with van der Waals surface area (Å²) in [6, 6.07) is 18.6. The molecule has 5 rings (SSSR count). The molecule has 3 aromatic rings. The first-order chi connectivity index (χ1) is 17.0. The Labute approximate surface area is 204 Å². The van der Waals surface area contributed by atoms with Gasteiger partial charge in [0.25, 0.3) is 15.9 Å². The van der Waals surface area contributed by atoms with Crippen LogP contribution in [-0.2, 0) is 10.0 Å². The molecule has 0 unspecified atom stereocenters. The maximum absolute atomic E-state index is 12.9. The van der Waals surface area contributed by atoms with Crippen molar-refractivity contribution in [2.45, 2.75) is 24.2 Å². The van der Waals surface area contributed by atoms with Gasteiger partial charge in [0, 0.05) is 41.8 Å². The molecule has 3 aromatic carbocycles. The van der Waals surface area contributed by atoms with Gasteiger partial charge < -0.3 is 19.7 Å². The quantitative estimate of drug-likeness (QED) is 0.525. The minimum Gasteiger partial charge on any atom is -0.486 e. The minimum atomic E-state index is -3.89. The summed E-state index contributed by atoms with van der Waals surface area (Å²) in [6.07, 6.45) is 3.68. The Morgan fingerprint density at radius 3 is 2.31 bits per heavy atom. The van der Waals surface area contributed by atoms with E-state index in [4.69, 9.17) is 9.47 Å². The lowest BCUT2D eigenvalue weighted by Crippen LogP contribution is -2.29. The lowest BCUT2D eigenvalue weighted by atomic mass is 10.1. The third-order valence-electron chi connectivity index (χ3n) is 6.05. The number of hydrogen-bond acceptors (Lipinski definition) is 6. The molecule has 182 valence electrons. The zero-order valence-corrected chi connectivity index (χ0v) is 20.0. The molecule has 0 aromatic heterocycles. The Balaban J connectivity index is 1.26. The summed E-state index contributed by atoms with van der Waals surface area (Å²) in [6.45, 7) is 2.90. The van der Waals surface area contributed by atoms with E-state index in [9.17, 15) is 13.2 Å². The maximum Gasteiger partial charge on any atom is 0.262 e. The molecule has 0 radical (unpaired) electrons. The number of benzene rings is 3. The molecule has 8 nitrogen and oxygen atoms in total. The van der Waals surface area contributed by atoms with Gasteiger partial charge in [-0.25, -0.2) is 8.42 Å². The summed E-state index contributed by atoms with van der Waals surface area (Å²) in [4.78, 5) is 15.2. The van der Waals surface area contributed by atoms with Crippen molar-refractivity contribution < 1.29 is 22.7 Å². The number of sulfonamides is 1. The molecule has 2 N–H and O–H groups in total. The van der Waals surface area contributed by atoms with E-state index in [0.29, 0.717) is 36.0 Å². The number of nitrogens with one attached hydrogen (secondary N) is 2. The number of anilines is 3. The molecule has 2 aliphatic heterocycles. The lowest BCUT2D eigenvalue weighted by Gasteiger charge is -2.28. The van der Waals surface area contributed by atoms with Crippen molar-refractivity contribution in [1.82, 2.24) is 0 Å². The monoisotopic (exact) mass is 493 g/mol. The Hall–Kier alpha value is -3.72. The van der Waals surface area contributed by atoms with Gasteiger partial charge in [-0.1, -0.05) is 6.07 Å². The van der Waals surface area contributed by atoms with Gasteiger partial charge in [0.05, 0.1) is 4.90 Å². The van der Waals surface area contributed by atoms with Crippen molar-refractivity contribution in [3.8, 4) is 11.5 Å². The summed E-state index contributed by atoms with van der Waals surface area (Å²) in [5.41, 5.74) is 2.46. The standard InChI is InChI=1S/C26H27N3O5S/c30-26(27-20-7-9-22(10-8-20)29-13-2-1-3-14-29)19-5-4-6-21(17-19)28-35(31,32)23-11-12-24-25(18-23)34-16-15-33-24/h4-12,17-18,28H,1-3,13-16H2,(H,27,30). The summed E-state index contributed by atoms with van der Waals surface area (Å²) in [5.74, 6) is 0.576. The summed E-state index contributed by atoms with van der Waals surface area (Å²) in [5, 5.41) is 2.88. The molecule has 1 amide bonds. The van der Waals surface area contributed by atoms with E-state index in [1.54, 1.807) is 24.3 Å². The van der Waals surface area contributed by atoms with Crippen LogP contribution in [0.2, 0.25) is 0 Å². The predicted octanol–water partition coefficient (Wildman–Crippen LogP) is 4.50. The van der Waals surface area contributed by atoms with E-state index in [1.165, 1.54) is 37.5 Å². The highest BCUT2D eigenvalue weighted by molar-refractivity contribution is 7.92. The number of ether oxygens (including phenoxy) is 2. The smallest absolute Gasteiger partial charge is 0.262 e. The number of fused-ring (bicyclic) bond motifs is 1. The van der Waals surface area contributed by atoms with Crippen molar-refractivity contribution in [3.63, 3.8) is 0 Å². The Morgan fingerprint density at radius 1 is 0.800 bits per heavy atom. The molecule has 1 saturated heterocycles. The third-order valence-corrected chi connectivity index (χ3v) is 7.43. The Morgan fingerprint density at radius 2 is 1.54 bits per heavy atom. The average Bonchev–Trinajstić information content (AvgIpc) is 2.89. The van der Waals surface area contributed by atoms with Gasteiger partial charge in [-0.2, -0.15) is 0 Å². The number of amides is 1. The molecule has 2 aliphatic rings. The van der Waals surface area contributed by atoms with Crippen LogP contribution in [0.1, 0.15) is 29.6 Å². The summed E-state index contributed by atoms with van der Waals surface area (Å²) in [7, 11) is -3.89. The molecule has 0 saturated carbocycles. The largest absolute Gasteiger partial charge is 0.486 e. The number of carbonyl (C=O) groups is 1. The number of nitrogens with zero attached hydrogens (tertiary/aromatic N) is 1. The second kappa shape index (κ2) is 9.87. The van der Waals surface area contributed by atoms with Crippen LogP contribution in [0.25, 0.3) is 0 Å². The molecule has 35 heavy (non-hydrogen) atoms. The SMILES string of the molecule is O=C(Nc1ccc(N2CCCCC2)cc1)c1cccc(NS(=O)(=O)c2ccc3c(c2)OCCO3)c1. The third kappa shape index (κ3) is 5.35. The van der Waals surface area contributed by atoms with Gasteiger partial charge in [0.2, 0.25) is 0 Å². The maximum atomic E-state index is 12.9. The Kier molecular flexibility index (Phi) is 6.50. The van der Waals surface area contributed by atoms with Crippen LogP contribution in [0, 0.1) is 0 Å². The van der Waals surface area contributed by atoms with Crippen molar-refractivity contribution in [3.05, 3.63) is 72.3 Å². The van der Waals surface area contributed by atoms with E-state index >= 15 is 0 Å². The second-order valence-corrected chi connectivity index (χ2v) is 10.2. The summed E-state index contributed by atoms with van der Waals surface area (Å²) >= 11 is 0. The molecule has 2 heterocycles. The number of rotatable bonds is 6. The van der Waals surface area contributed by atoms with Gasteiger partial charge >= 0.3 is 0 Å². The van der Waals surface area contributed by atoms with Crippen LogP contribution in [0.15, 0.2) is 71.6 Å². The molecule has 0 bridgehead atoms. The van der Waals surface area contributed by atoms with Gasteiger partial charge in [0.15, 0.2) is 11.5 Å². The van der Waals surface area contributed by atoms with Crippen molar-refractivity contribution in [2.75, 3.05) is 41.2 Å². The first-order valence-electron chi connectivity index (χ1n) is 11.7. The van der Waals surface area contributed by atoms with Crippen LogP contribution in [0.5, 0.6) is 11.5 Å². The molecular formula is C26H27N3O5S. The molecule has 0 atom stereocenters. The van der Waals surface area contributed by atoms with Gasteiger partial charge in [-0.3, -0.25) is 9.52 Å². The van der Waals surface area contributed by atoms with Crippen molar-refractivity contribution in [1.29, 1.82) is 0 Å². The highest BCUT2D eigenvalue weighted by atomic mass is 32.2. The van der Waals surface area contributed by atoms with E-state index in [-0.39, 0.29) is 16.5 Å². The molecule has 0 spiro atoms. The van der Waals surface area contributed by atoms with E-state index in [1.807, 2.05) is 24.3 Å². The fraction of sp³-hybridized carbons (Fsp3) is 0.269. The van der Waals surface area contributed by atoms with Gasteiger partial charge in [-0.15, -0.1) is 0 Å². The first kappa shape index (κ1) is 23.0. The van der Waals surface area contributed by atoms with Crippen LogP contribution in [0.3, 0.4) is 0 Å². The minimum absolute atomic E-state index is 0.0467. The molecule has 9 heteroatoms. The topological polar surface area (TPSA) is 97.0 Å². The van der Waals surface area contributed by atoms with Crippen molar-refractivity contribution in [2.24, 2.45) is 0 Å². The normalized spacial score (nSPS) is 15.4.